The van der Waals surface area contributed by atoms with Crippen LogP contribution in [0.1, 0.15) is 25.5 Å². The van der Waals surface area contributed by atoms with Crippen molar-refractivity contribution in [2.75, 3.05) is 13.2 Å². The van der Waals surface area contributed by atoms with E-state index in [9.17, 15) is 9.59 Å². The molecule has 3 amide bonds. The molecule has 0 aliphatic carbocycles. The Kier molecular flexibility index (Phi) is 3.38. The van der Waals surface area contributed by atoms with Crippen LogP contribution in [-0.2, 0) is 10.3 Å². The fourth-order valence-corrected chi connectivity index (χ4v) is 2.01. The zero-order valence-electron chi connectivity index (χ0n) is 10.2. The van der Waals surface area contributed by atoms with Crippen LogP contribution < -0.4 is 5.32 Å². The topological polar surface area (TPSA) is 82.8 Å². The molecular formula is C12H16N2O4. The van der Waals surface area contributed by atoms with Gasteiger partial charge in [-0.3, -0.25) is 9.69 Å². The predicted octanol–water partition coefficient (Wildman–Crippen LogP) is 0.819. The molecular weight excluding hydrogens is 236 g/mol. The number of imide groups is 1. The summed E-state index contributed by atoms with van der Waals surface area (Å²) in [6, 6.07) is 2.92. The third kappa shape index (κ3) is 1.99. The van der Waals surface area contributed by atoms with Crippen LogP contribution in [0.4, 0.5) is 4.79 Å². The van der Waals surface area contributed by atoms with E-state index < -0.39 is 11.6 Å². The largest absolute Gasteiger partial charge is 0.466 e. The minimum absolute atomic E-state index is 0.0547. The van der Waals surface area contributed by atoms with Gasteiger partial charge in [0.05, 0.1) is 6.26 Å². The Morgan fingerprint density at radius 2 is 2.22 bits per heavy atom. The molecule has 1 unspecified atom stereocenters. The quantitative estimate of drug-likeness (QED) is 0.600. The molecule has 1 aliphatic heterocycles. The van der Waals surface area contributed by atoms with Gasteiger partial charge in [0.2, 0.25) is 0 Å². The van der Waals surface area contributed by atoms with E-state index in [1.54, 1.807) is 19.1 Å². The Bertz CT molecular complexity index is 443. The Morgan fingerprint density at radius 3 is 2.83 bits per heavy atom. The molecule has 6 heteroatoms. The first kappa shape index (κ1) is 12.6. The molecule has 0 bridgehead atoms. The number of carbonyl (C=O) groups excluding carboxylic acids is 2. The summed E-state index contributed by atoms with van der Waals surface area (Å²) < 4.78 is 5.21. The first-order valence-corrected chi connectivity index (χ1v) is 5.88. The number of aliphatic hydroxyl groups excluding tert-OH is 1. The molecule has 2 rings (SSSR count). The van der Waals surface area contributed by atoms with E-state index in [0.717, 1.165) is 4.90 Å². The van der Waals surface area contributed by atoms with Crippen LogP contribution in [0, 0.1) is 0 Å². The van der Waals surface area contributed by atoms with Crippen LogP contribution in [0.3, 0.4) is 0 Å². The van der Waals surface area contributed by atoms with Crippen molar-refractivity contribution in [3.63, 3.8) is 0 Å². The summed E-state index contributed by atoms with van der Waals surface area (Å²) in [5.74, 6) is 0.103. The highest BCUT2D eigenvalue weighted by Crippen LogP contribution is 2.29. The summed E-state index contributed by atoms with van der Waals surface area (Å²) in [6.45, 7) is 1.98. The van der Waals surface area contributed by atoms with Gasteiger partial charge in [-0.2, -0.15) is 0 Å². The van der Waals surface area contributed by atoms with Crippen molar-refractivity contribution >= 4 is 11.9 Å². The lowest BCUT2D eigenvalue weighted by Gasteiger charge is -2.18. The molecule has 1 saturated heterocycles. The molecule has 98 valence electrons. The van der Waals surface area contributed by atoms with Crippen molar-refractivity contribution in [3.05, 3.63) is 24.2 Å². The minimum Gasteiger partial charge on any atom is -0.466 e. The van der Waals surface area contributed by atoms with Gasteiger partial charge in [0.25, 0.3) is 5.91 Å². The zero-order chi connectivity index (χ0) is 13.2. The first-order valence-electron chi connectivity index (χ1n) is 5.88. The molecule has 6 nitrogen and oxygen atoms in total. The number of rotatable bonds is 5. The van der Waals surface area contributed by atoms with Crippen molar-refractivity contribution in [3.8, 4) is 0 Å². The van der Waals surface area contributed by atoms with E-state index in [2.05, 4.69) is 5.32 Å². The maximum absolute atomic E-state index is 12.3. The van der Waals surface area contributed by atoms with E-state index in [0.29, 0.717) is 25.1 Å². The molecule has 1 aliphatic rings. The van der Waals surface area contributed by atoms with Gasteiger partial charge in [0, 0.05) is 13.2 Å². The standard InChI is InChI=1S/C12H16N2O4/c1-12(9-5-4-8-18-9)10(16)14(11(17)13-12)6-2-3-7-15/h4-5,8,15H,2-3,6-7H2,1H3,(H,13,17). The summed E-state index contributed by atoms with van der Waals surface area (Å²) in [6.07, 6.45) is 2.62. The van der Waals surface area contributed by atoms with Crippen molar-refractivity contribution in [1.29, 1.82) is 0 Å². The van der Waals surface area contributed by atoms with E-state index in [1.165, 1.54) is 6.26 Å². The number of urea groups is 1. The second-order valence-electron chi connectivity index (χ2n) is 4.42. The molecule has 1 aromatic heterocycles. The summed E-state index contributed by atoms with van der Waals surface area (Å²) in [5, 5.41) is 11.3. The lowest BCUT2D eigenvalue weighted by atomic mass is 9.99. The predicted molar refractivity (Wildman–Crippen MR) is 62.6 cm³/mol. The normalized spacial score (nSPS) is 23.6. The average molecular weight is 252 g/mol. The molecule has 0 radical (unpaired) electrons. The van der Waals surface area contributed by atoms with E-state index in [4.69, 9.17) is 9.52 Å². The summed E-state index contributed by atoms with van der Waals surface area (Å²) in [5.41, 5.74) is -1.13. The van der Waals surface area contributed by atoms with Crippen LogP contribution in [0.2, 0.25) is 0 Å². The second kappa shape index (κ2) is 4.81. The molecule has 1 atom stereocenters. The number of amides is 3. The van der Waals surface area contributed by atoms with Crippen molar-refractivity contribution in [2.45, 2.75) is 25.3 Å². The average Bonchev–Trinajstić information content (AvgIpc) is 2.93. The Labute approximate surface area is 105 Å². The molecule has 1 aromatic rings. The minimum atomic E-state index is -1.13. The SMILES string of the molecule is CC1(c2ccco2)NC(=O)N(CCCCO)C1=O. The number of carbonyl (C=O) groups is 2. The monoisotopic (exact) mass is 252 g/mol. The Morgan fingerprint density at radius 1 is 1.44 bits per heavy atom. The highest BCUT2D eigenvalue weighted by atomic mass is 16.3. The van der Waals surface area contributed by atoms with Crippen molar-refractivity contribution in [1.82, 2.24) is 10.2 Å². The van der Waals surface area contributed by atoms with E-state index in [1.807, 2.05) is 0 Å². The number of furan rings is 1. The first-order chi connectivity index (χ1) is 8.59. The number of nitrogens with zero attached hydrogens (tertiary/aromatic N) is 1. The van der Waals surface area contributed by atoms with Crippen molar-refractivity contribution < 1.29 is 19.1 Å². The number of aliphatic hydroxyl groups is 1. The van der Waals surface area contributed by atoms with Gasteiger partial charge in [0.1, 0.15) is 5.76 Å². The van der Waals surface area contributed by atoms with Crippen LogP contribution in [0.15, 0.2) is 22.8 Å². The van der Waals surface area contributed by atoms with Crippen LogP contribution in [0.5, 0.6) is 0 Å². The number of hydrogen-bond acceptors (Lipinski definition) is 4. The van der Waals surface area contributed by atoms with E-state index >= 15 is 0 Å². The van der Waals surface area contributed by atoms with Gasteiger partial charge in [-0.1, -0.05) is 0 Å². The number of unbranched alkanes of at least 4 members (excludes halogenated alkanes) is 1. The van der Waals surface area contributed by atoms with Gasteiger partial charge < -0.3 is 14.8 Å². The van der Waals surface area contributed by atoms with Crippen LogP contribution in [0.25, 0.3) is 0 Å². The zero-order valence-corrected chi connectivity index (χ0v) is 10.2. The Hall–Kier alpha value is -1.82. The summed E-state index contributed by atoms with van der Waals surface area (Å²) in [7, 11) is 0. The molecule has 2 heterocycles. The molecule has 0 saturated carbocycles. The molecule has 18 heavy (non-hydrogen) atoms. The number of nitrogens with one attached hydrogen (secondary N) is 1. The third-order valence-electron chi connectivity index (χ3n) is 3.08. The fourth-order valence-electron chi connectivity index (χ4n) is 2.01. The molecule has 0 aromatic carbocycles. The van der Waals surface area contributed by atoms with E-state index in [-0.39, 0.29) is 12.5 Å². The number of hydrogen-bond donors (Lipinski definition) is 2. The fraction of sp³-hybridized carbons (Fsp3) is 0.500. The highest BCUT2D eigenvalue weighted by molar-refractivity contribution is 6.06. The van der Waals surface area contributed by atoms with Gasteiger partial charge in [-0.25, -0.2) is 4.79 Å². The van der Waals surface area contributed by atoms with Crippen molar-refractivity contribution in [2.24, 2.45) is 0 Å². The highest BCUT2D eigenvalue weighted by Gasteiger charge is 2.50. The van der Waals surface area contributed by atoms with Crippen LogP contribution >= 0.6 is 0 Å². The van der Waals surface area contributed by atoms with Crippen LogP contribution in [-0.4, -0.2) is 35.1 Å². The molecule has 0 spiro atoms. The Balaban J connectivity index is 2.13. The van der Waals surface area contributed by atoms with Gasteiger partial charge in [0.15, 0.2) is 5.54 Å². The van der Waals surface area contributed by atoms with Gasteiger partial charge in [-0.15, -0.1) is 0 Å². The maximum Gasteiger partial charge on any atom is 0.325 e. The lowest BCUT2D eigenvalue weighted by molar-refractivity contribution is -0.131. The van der Waals surface area contributed by atoms with Gasteiger partial charge >= 0.3 is 6.03 Å². The lowest BCUT2D eigenvalue weighted by Crippen LogP contribution is -2.40. The summed E-state index contributed by atoms with van der Waals surface area (Å²) >= 11 is 0. The molecule has 2 N–H and O–H groups in total. The second-order valence-corrected chi connectivity index (χ2v) is 4.42. The third-order valence-corrected chi connectivity index (χ3v) is 3.08. The van der Waals surface area contributed by atoms with Gasteiger partial charge in [-0.05, 0) is 31.9 Å². The molecule has 1 fully saturated rings. The maximum atomic E-state index is 12.3. The summed E-state index contributed by atoms with van der Waals surface area (Å²) in [4.78, 5) is 25.2. The smallest absolute Gasteiger partial charge is 0.325 e.